The van der Waals surface area contributed by atoms with Crippen molar-refractivity contribution in [2.45, 2.75) is 0 Å². The summed E-state index contributed by atoms with van der Waals surface area (Å²) >= 11 is 0. The first-order valence-corrected chi connectivity index (χ1v) is 6.40. The van der Waals surface area contributed by atoms with Crippen molar-refractivity contribution in [1.29, 1.82) is 0 Å². The molecule has 0 amide bonds. The van der Waals surface area contributed by atoms with Crippen LogP contribution in [0.3, 0.4) is 0 Å². The van der Waals surface area contributed by atoms with Crippen molar-refractivity contribution in [2.24, 2.45) is 0 Å². The lowest BCUT2D eigenvalue weighted by molar-refractivity contribution is -0.384. The summed E-state index contributed by atoms with van der Waals surface area (Å²) in [4.78, 5) is 26.4. The quantitative estimate of drug-likeness (QED) is 0.668. The maximum absolute atomic E-state index is 14.6. The molecule has 1 fully saturated rings. The van der Waals surface area contributed by atoms with Gasteiger partial charge in [0.1, 0.15) is 5.69 Å². The highest BCUT2D eigenvalue weighted by atomic mass is 19.1. The predicted molar refractivity (Wildman–Crippen MR) is 74.2 cm³/mol. The number of H-pyrrole nitrogens is 1. The second-order valence-corrected chi connectivity index (χ2v) is 4.70. The van der Waals surface area contributed by atoms with E-state index in [9.17, 15) is 19.3 Å². The molecule has 110 valence electrons. The molecule has 0 aliphatic carbocycles. The Bertz CT molecular complexity index is 768. The number of non-ortho nitro benzene ring substituents is 1. The molecule has 1 aliphatic rings. The Kier molecular flexibility index (Phi) is 3.30. The fraction of sp³-hybridized carbons (Fsp3) is 0.308. The third-order valence-electron chi connectivity index (χ3n) is 3.45. The molecular weight excluding hydrogens is 281 g/mol. The van der Waals surface area contributed by atoms with Crippen LogP contribution in [-0.4, -0.2) is 36.2 Å². The zero-order valence-electron chi connectivity index (χ0n) is 11.0. The Hall–Kier alpha value is -2.48. The van der Waals surface area contributed by atoms with Crippen LogP contribution < -0.4 is 10.5 Å². The predicted octanol–water partition coefficient (Wildman–Crippen LogP) is 1.41. The van der Waals surface area contributed by atoms with Crippen LogP contribution in [0.1, 0.15) is 0 Å². The number of aromatic nitrogens is 1. The van der Waals surface area contributed by atoms with E-state index in [1.165, 1.54) is 12.1 Å². The van der Waals surface area contributed by atoms with Gasteiger partial charge in [-0.25, -0.2) is 4.39 Å². The fourth-order valence-electron chi connectivity index (χ4n) is 2.42. The second-order valence-electron chi connectivity index (χ2n) is 4.70. The molecule has 0 bridgehead atoms. The summed E-state index contributed by atoms with van der Waals surface area (Å²) in [5, 5.41) is 10.9. The molecule has 21 heavy (non-hydrogen) atoms. The number of rotatable bonds is 2. The summed E-state index contributed by atoms with van der Waals surface area (Å²) in [7, 11) is 0. The van der Waals surface area contributed by atoms with Crippen LogP contribution >= 0.6 is 0 Å². The number of nitrogens with zero attached hydrogens (tertiary/aromatic N) is 2. The van der Waals surface area contributed by atoms with E-state index < -0.39 is 16.3 Å². The summed E-state index contributed by atoms with van der Waals surface area (Å²) < 4.78 is 19.8. The summed E-state index contributed by atoms with van der Waals surface area (Å²) in [6.45, 7) is 1.71. The van der Waals surface area contributed by atoms with Crippen molar-refractivity contribution < 1.29 is 14.1 Å². The van der Waals surface area contributed by atoms with Gasteiger partial charge in [-0.05, 0) is 6.07 Å². The highest BCUT2D eigenvalue weighted by molar-refractivity contribution is 5.84. The van der Waals surface area contributed by atoms with E-state index >= 15 is 0 Å². The molecule has 0 radical (unpaired) electrons. The first-order chi connectivity index (χ1) is 10.1. The van der Waals surface area contributed by atoms with Crippen LogP contribution in [0.15, 0.2) is 23.0 Å². The van der Waals surface area contributed by atoms with Gasteiger partial charge in [-0.15, -0.1) is 0 Å². The average Bonchev–Trinajstić information content (AvgIpc) is 2.47. The van der Waals surface area contributed by atoms with Crippen LogP contribution in [0.25, 0.3) is 10.9 Å². The van der Waals surface area contributed by atoms with E-state index in [2.05, 4.69) is 4.98 Å². The minimum Gasteiger partial charge on any atom is -0.378 e. The number of ether oxygens (including phenoxy) is 1. The van der Waals surface area contributed by atoms with Gasteiger partial charge in [-0.3, -0.25) is 14.9 Å². The molecule has 1 aromatic heterocycles. The minimum atomic E-state index is -0.662. The van der Waals surface area contributed by atoms with Crippen LogP contribution in [0, 0.1) is 15.9 Å². The molecule has 8 heteroatoms. The number of pyridine rings is 1. The zero-order chi connectivity index (χ0) is 15.0. The molecule has 2 aromatic rings. The highest BCUT2D eigenvalue weighted by Crippen LogP contribution is 2.25. The Morgan fingerprint density at radius 3 is 2.71 bits per heavy atom. The summed E-state index contributed by atoms with van der Waals surface area (Å²) in [6, 6.07) is 3.68. The van der Waals surface area contributed by atoms with Crippen LogP contribution in [0.2, 0.25) is 0 Å². The molecule has 0 saturated carbocycles. The third-order valence-corrected chi connectivity index (χ3v) is 3.45. The van der Waals surface area contributed by atoms with Crippen molar-refractivity contribution >= 4 is 22.3 Å². The first-order valence-electron chi connectivity index (χ1n) is 6.40. The van der Waals surface area contributed by atoms with Crippen LogP contribution in [0.4, 0.5) is 15.8 Å². The van der Waals surface area contributed by atoms with Gasteiger partial charge in [0, 0.05) is 30.6 Å². The van der Waals surface area contributed by atoms with E-state index in [-0.39, 0.29) is 22.3 Å². The van der Waals surface area contributed by atoms with Gasteiger partial charge in [0.25, 0.3) is 11.2 Å². The number of halogens is 1. The number of fused-ring (bicyclic) bond motifs is 1. The van der Waals surface area contributed by atoms with Crippen molar-refractivity contribution in [3.63, 3.8) is 0 Å². The monoisotopic (exact) mass is 293 g/mol. The van der Waals surface area contributed by atoms with Gasteiger partial charge in [-0.2, -0.15) is 0 Å². The molecule has 0 unspecified atom stereocenters. The van der Waals surface area contributed by atoms with Crippen LogP contribution in [-0.2, 0) is 4.74 Å². The Morgan fingerprint density at radius 1 is 1.33 bits per heavy atom. The third kappa shape index (κ3) is 2.33. The average molecular weight is 293 g/mol. The SMILES string of the molecule is O=c1[nH]c2cc([N+](=O)[O-])ccc2c(F)c1N1CCOCC1. The largest absolute Gasteiger partial charge is 0.378 e. The maximum atomic E-state index is 14.6. The Balaban J connectivity index is 2.17. The Labute approximate surface area is 118 Å². The molecule has 3 rings (SSSR count). The van der Waals surface area contributed by atoms with Gasteiger partial charge in [-0.1, -0.05) is 0 Å². The molecule has 7 nitrogen and oxygen atoms in total. The molecule has 2 heterocycles. The van der Waals surface area contributed by atoms with E-state index in [4.69, 9.17) is 4.74 Å². The molecule has 0 atom stereocenters. The molecule has 0 spiro atoms. The molecule has 1 aliphatic heterocycles. The lowest BCUT2D eigenvalue weighted by atomic mass is 10.1. The van der Waals surface area contributed by atoms with Crippen molar-refractivity contribution in [3.8, 4) is 0 Å². The first kappa shape index (κ1) is 13.5. The summed E-state index contributed by atoms with van der Waals surface area (Å²) in [6.07, 6.45) is 0. The molecule has 1 aromatic carbocycles. The highest BCUT2D eigenvalue weighted by Gasteiger charge is 2.21. The van der Waals surface area contributed by atoms with E-state index in [0.717, 1.165) is 6.07 Å². The zero-order valence-corrected chi connectivity index (χ0v) is 11.0. The maximum Gasteiger partial charge on any atom is 0.275 e. The normalized spacial score (nSPS) is 15.4. The number of nitro groups is 1. The van der Waals surface area contributed by atoms with Gasteiger partial charge in [0.05, 0.1) is 23.7 Å². The lowest BCUT2D eigenvalue weighted by Crippen LogP contribution is -2.40. The number of anilines is 1. The van der Waals surface area contributed by atoms with E-state index in [1.807, 2.05) is 0 Å². The van der Waals surface area contributed by atoms with Gasteiger partial charge in [0.15, 0.2) is 5.82 Å². The number of nitro benzene ring substituents is 1. The smallest absolute Gasteiger partial charge is 0.275 e. The summed E-state index contributed by atoms with van der Waals surface area (Å²) in [5.74, 6) is -0.662. The Morgan fingerprint density at radius 2 is 2.05 bits per heavy atom. The molecule has 1 saturated heterocycles. The number of morpholine rings is 1. The van der Waals surface area contributed by atoms with Crippen molar-refractivity contribution in [1.82, 2.24) is 4.98 Å². The standard InChI is InChI=1S/C13H12FN3O4/c14-11-9-2-1-8(17(19)20)7-10(9)15-13(18)12(11)16-3-5-21-6-4-16/h1-2,7H,3-6H2,(H,15,18). The van der Waals surface area contributed by atoms with Gasteiger partial charge in [0.2, 0.25) is 0 Å². The van der Waals surface area contributed by atoms with Crippen LogP contribution in [0.5, 0.6) is 0 Å². The molecule has 1 N–H and O–H groups in total. The second kappa shape index (κ2) is 5.13. The summed E-state index contributed by atoms with van der Waals surface area (Å²) in [5.41, 5.74) is -0.720. The van der Waals surface area contributed by atoms with E-state index in [1.54, 1.807) is 4.90 Å². The number of hydrogen-bond donors (Lipinski definition) is 1. The van der Waals surface area contributed by atoms with Gasteiger partial charge < -0.3 is 14.6 Å². The number of benzene rings is 1. The number of nitrogens with one attached hydrogen (secondary N) is 1. The van der Waals surface area contributed by atoms with Crippen molar-refractivity contribution in [3.05, 3.63) is 44.5 Å². The fourth-order valence-corrected chi connectivity index (χ4v) is 2.42. The molecular formula is C13H12FN3O4. The van der Waals surface area contributed by atoms with Crippen molar-refractivity contribution in [2.75, 3.05) is 31.2 Å². The number of aromatic amines is 1. The van der Waals surface area contributed by atoms with Gasteiger partial charge >= 0.3 is 0 Å². The number of hydrogen-bond acceptors (Lipinski definition) is 5. The topological polar surface area (TPSA) is 88.5 Å². The minimum absolute atomic E-state index is 0.0420. The lowest BCUT2D eigenvalue weighted by Gasteiger charge is -2.28. The van der Waals surface area contributed by atoms with E-state index in [0.29, 0.717) is 26.3 Å².